The van der Waals surface area contributed by atoms with E-state index in [0.717, 1.165) is 6.42 Å². The number of ether oxygens (including phenoxy) is 3. The molecular formula is C22H21N5O5. The topological polar surface area (TPSA) is 109 Å². The number of fused-ring (bicyclic) bond motifs is 2. The number of hydrogen-bond acceptors (Lipinski definition) is 9. The Kier molecular flexibility index (Phi) is 4.96. The Morgan fingerprint density at radius 3 is 2.84 bits per heavy atom. The molecule has 3 aromatic rings. The van der Waals surface area contributed by atoms with Gasteiger partial charge in [-0.25, -0.2) is 15.0 Å². The standard InChI is InChI=1S/C22H21N5O5/c1-13(20(29)14-8-17(30-2)21-18(9-14)31-12-32-21)26-6-3-7-27-19(28)10-16(25-22(26)27)15-4-5-23-11-24-15/h4-5,8-11,13H,3,6-7,12H2,1-2H3. The molecule has 1 atom stereocenters. The molecule has 0 N–H and O–H groups in total. The van der Waals surface area contributed by atoms with E-state index in [1.54, 1.807) is 35.9 Å². The van der Waals surface area contributed by atoms with E-state index in [2.05, 4.69) is 9.97 Å². The zero-order valence-electron chi connectivity index (χ0n) is 17.6. The first-order valence-electron chi connectivity index (χ1n) is 10.2. The average molecular weight is 435 g/mol. The molecule has 1 aromatic carbocycles. The summed E-state index contributed by atoms with van der Waals surface area (Å²) in [6, 6.07) is 5.89. The molecule has 4 heterocycles. The highest BCUT2D eigenvalue weighted by molar-refractivity contribution is 6.02. The van der Waals surface area contributed by atoms with Gasteiger partial charge in [-0.1, -0.05) is 0 Å². The van der Waals surface area contributed by atoms with Gasteiger partial charge in [0.05, 0.1) is 24.5 Å². The second-order valence-corrected chi connectivity index (χ2v) is 7.53. The van der Waals surface area contributed by atoms with Crippen LogP contribution in [0.15, 0.2) is 41.6 Å². The Bertz CT molecular complexity index is 1240. The Morgan fingerprint density at radius 2 is 2.06 bits per heavy atom. The van der Waals surface area contributed by atoms with Crippen LogP contribution in [0.2, 0.25) is 0 Å². The lowest BCUT2D eigenvalue weighted by Crippen LogP contribution is -2.46. The summed E-state index contributed by atoms with van der Waals surface area (Å²) in [7, 11) is 1.51. The van der Waals surface area contributed by atoms with Crippen molar-refractivity contribution in [2.24, 2.45) is 0 Å². The van der Waals surface area contributed by atoms with Crippen LogP contribution in [0.25, 0.3) is 11.4 Å². The van der Waals surface area contributed by atoms with Crippen molar-refractivity contribution in [2.75, 3.05) is 25.3 Å². The fourth-order valence-electron chi connectivity index (χ4n) is 4.02. The number of carbonyl (C=O) groups is 1. The molecule has 0 radical (unpaired) electrons. The molecule has 0 saturated heterocycles. The number of methoxy groups -OCH3 is 1. The summed E-state index contributed by atoms with van der Waals surface area (Å²) >= 11 is 0. The van der Waals surface area contributed by atoms with Crippen LogP contribution < -0.4 is 24.7 Å². The Balaban J connectivity index is 1.52. The third-order valence-corrected chi connectivity index (χ3v) is 5.66. The Morgan fingerprint density at radius 1 is 1.19 bits per heavy atom. The van der Waals surface area contributed by atoms with Crippen molar-refractivity contribution in [3.63, 3.8) is 0 Å². The van der Waals surface area contributed by atoms with Gasteiger partial charge in [0.25, 0.3) is 5.56 Å². The molecular weight excluding hydrogens is 414 g/mol. The van der Waals surface area contributed by atoms with Gasteiger partial charge < -0.3 is 19.1 Å². The second kappa shape index (κ2) is 7.95. The third-order valence-electron chi connectivity index (χ3n) is 5.66. The van der Waals surface area contributed by atoms with E-state index in [9.17, 15) is 9.59 Å². The minimum absolute atomic E-state index is 0.0804. The lowest BCUT2D eigenvalue weighted by molar-refractivity contribution is 0.0961. The smallest absolute Gasteiger partial charge is 0.255 e. The lowest BCUT2D eigenvalue weighted by atomic mass is 10.0. The number of nitrogens with zero attached hydrogens (tertiary/aromatic N) is 5. The molecule has 0 aliphatic carbocycles. The molecule has 0 saturated carbocycles. The summed E-state index contributed by atoms with van der Waals surface area (Å²) in [4.78, 5) is 40.9. The van der Waals surface area contributed by atoms with Gasteiger partial charge in [-0.2, -0.15) is 0 Å². The number of Topliss-reactive ketones (excluding diaryl/α,β-unsaturated/α-hetero) is 1. The van der Waals surface area contributed by atoms with Crippen molar-refractivity contribution in [3.05, 3.63) is 52.7 Å². The molecule has 2 aliphatic heterocycles. The first kappa shape index (κ1) is 20.0. The first-order chi connectivity index (χ1) is 15.6. The lowest BCUT2D eigenvalue weighted by Gasteiger charge is -2.34. The van der Waals surface area contributed by atoms with E-state index in [1.807, 2.05) is 4.90 Å². The quantitative estimate of drug-likeness (QED) is 0.555. The molecule has 32 heavy (non-hydrogen) atoms. The van der Waals surface area contributed by atoms with Crippen molar-refractivity contribution in [1.82, 2.24) is 19.5 Å². The largest absolute Gasteiger partial charge is 0.493 e. The number of rotatable bonds is 5. The Hall–Kier alpha value is -3.95. The van der Waals surface area contributed by atoms with Crippen LogP contribution >= 0.6 is 0 Å². The average Bonchev–Trinajstić information content (AvgIpc) is 3.31. The molecule has 10 heteroatoms. The van der Waals surface area contributed by atoms with Crippen molar-refractivity contribution >= 4 is 11.7 Å². The predicted octanol–water partition coefficient (Wildman–Crippen LogP) is 1.92. The fourth-order valence-corrected chi connectivity index (χ4v) is 4.02. The summed E-state index contributed by atoms with van der Waals surface area (Å²) in [6.45, 7) is 3.02. The molecule has 0 spiro atoms. The maximum atomic E-state index is 13.4. The van der Waals surface area contributed by atoms with Crippen molar-refractivity contribution < 1.29 is 19.0 Å². The molecule has 10 nitrogen and oxygen atoms in total. The summed E-state index contributed by atoms with van der Waals surface area (Å²) in [5.74, 6) is 1.71. The molecule has 2 aliphatic rings. The second-order valence-electron chi connectivity index (χ2n) is 7.53. The molecule has 2 aromatic heterocycles. The molecule has 0 amide bonds. The minimum atomic E-state index is -0.570. The van der Waals surface area contributed by atoms with E-state index < -0.39 is 6.04 Å². The van der Waals surface area contributed by atoms with Crippen LogP contribution in [-0.2, 0) is 6.54 Å². The highest BCUT2D eigenvalue weighted by Gasteiger charge is 2.31. The summed E-state index contributed by atoms with van der Waals surface area (Å²) in [5, 5.41) is 0. The van der Waals surface area contributed by atoms with E-state index >= 15 is 0 Å². The number of ketones is 1. The zero-order chi connectivity index (χ0) is 22.2. The van der Waals surface area contributed by atoms with Gasteiger partial charge in [0, 0.05) is 30.9 Å². The summed E-state index contributed by atoms with van der Waals surface area (Å²) in [5.41, 5.74) is 1.24. The molecule has 5 rings (SSSR count). The zero-order valence-corrected chi connectivity index (χ0v) is 17.6. The van der Waals surface area contributed by atoms with Crippen molar-refractivity contribution in [1.29, 1.82) is 0 Å². The van der Waals surface area contributed by atoms with Crippen molar-refractivity contribution in [3.8, 4) is 28.6 Å². The van der Waals surface area contributed by atoms with Crippen LogP contribution in [-0.4, -0.2) is 51.8 Å². The summed E-state index contributed by atoms with van der Waals surface area (Å²) in [6.07, 6.45) is 3.73. The van der Waals surface area contributed by atoms with E-state index in [4.69, 9.17) is 19.2 Å². The number of anilines is 1. The number of carbonyl (C=O) groups excluding carboxylic acids is 1. The van der Waals surface area contributed by atoms with Crippen LogP contribution in [0.5, 0.6) is 17.2 Å². The maximum absolute atomic E-state index is 13.4. The Labute approximate surface area is 183 Å². The third kappa shape index (κ3) is 3.33. The van der Waals surface area contributed by atoms with Gasteiger partial charge in [-0.15, -0.1) is 0 Å². The maximum Gasteiger partial charge on any atom is 0.255 e. The van der Waals surface area contributed by atoms with Gasteiger partial charge in [0.2, 0.25) is 18.5 Å². The fraction of sp³-hybridized carbons (Fsp3) is 0.318. The first-order valence-corrected chi connectivity index (χ1v) is 10.2. The molecule has 1 unspecified atom stereocenters. The SMILES string of the molecule is COc1cc(C(=O)C(C)N2CCCn3c2nc(-c2ccncn2)cc3=O)cc2c1OCO2. The van der Waals surface area contributed by atoms with Gasteiger partial charge in [-0.3, -0.25) is 14.2 Å². The van der Waals surface area contributed by atoms with E-state index in [-0.39, 0.29) is 18.1 Å². The molecule has 0 fully saturated rings. The van der Waals surface area contributed by atoms with Gasteiger partial charge >= 0.3 is 0 Å². The van der Waals surface area contributed by atoms with Crippen molar-refractivity contribution in [2.45, 2.75) is 25.9 Å². The van der Waals surface area contributed by atoms with Crippen LogP contribution in [0.3, 0.4) is 0 Å². The number of benzene rings is 1. The monoisotopic (exact) mass is 435 g/mol. The highest BCUT2D eigenvalue weighted by Crippen LogP contribution is 2.42. The minimum Gasteiger partial charge on any atom is -0.493 e. The summed E-state index contributed by atoms with van der Waals surface area (Å²) < 4.78 is 17.8. The predicted molar refractivity (Wildman–Crippen MR) is 114 cm³/mol. The van der Waals surface area contributed by atoms with Crippen LogP contribution in [0.4, 0.5) is 5.95 Å². The van der Waals surface area contributed by atoms with E-state index in [1.165, 1.54) is 19.5 Å². The highest BCUT2D eigenvalue weighted by atomic mass is 16.7. The van der Waals surface area contributed by atoms with E-state index in [0.29, 0.717) is 53.2 Å². The van der Waals surface area contributed by atoms with Gasteiger partial charge in [-0.05, 0) is 31.5 Å². The molecule has 164 valence electrons. The normalized spacial score (nSPS) is 15.2. The number of aromatic nitrogens is 4. The van der Waals surface area contributed by atoms with Crippen LogP contribution in [0.1, 0.15) is 23.7 Å². The molecule has 0 bridgehead atoms. The van der Waals surface area contributed by atoms with Gasteiger partial charge in [0.15, 0.2) is 17.3 Å². The van der Waals surface area contributed by atoms with Gasteiger partial charge in [0.1, 0.15) is 6.33 Å². The van der Waals surface area contributed by atoms with Crippen LogP contribution in [0, 0.1) is 0 Å². The number of hydrogen-bond donors (Lipinski definition) is 0.